The maximum Gasteiger partial charge on any atom is 0.460 e. The van der Waals surface area contributed by atoms with E-state index in [2.05, 4.69) is 0 Å². The van der Waals surface area contributed by atoms with E-state index in [1.807, 2.05) is 0 Å². The number of rotatable bonds is 7. The minimum absolute atomic E-state index is 0. The molecule has 0 saturated heterocycles. The second-order valence-corrected chi connectivity index (χ2v) is 6.14. The Bertz CT molecular complexity index is 476. The predicted molar refractivity (Wildman–Crippen MR) is 59.5 cm³/mol. The first-order valence-corrected chi connectivity index (χ1v) is 6.98. The molecule has 156 valence electrons. The molecule has 0 spiro atoms. The molecule has 0 unspecified atom stereocenters. The Morgan fingerprint density at radius 1 is 0.720 bits per heavy atom. The molecular weight excluding hydrogens is 412 g/mol. The molecule has 0 aliphatic rings. The first-order valence-electron chi connectivity index (χ1n) is 5.25. The maximum atomic E-state index is 12.9. The van der Waals surface area contributed by atoms with Gasteiger partial charge in [-0.15, -0.1) is 0 Å². The second kappa shape index (κ2) is 7.90. The zero-order valence-electron chi connectivity index (χ0n) is 12.5. The largest absolute Gasteiger partial charge is 0.811 e. The topological polar surface area (TPSA) is 136 Å². The van der Waals surface area contributed by atoms with Crippen molar-refractivity contribution in [2.75, 3.05) is 6.16 Å². The van der Waals surface area contributed by atoms with Crippen molar-refractivity contribution in [3.63, 3.8) is 0 Å². The third-order valence-electron chi connectivity index (χ3n) is 2.44. The van der Waals surface area contributed by atoms with Gasteiger partial charge in [0.15, 0.2) is 0 Å². The molecule has 0 fully saturated rings. The Morgan fingerprint density at radius 2 is 1.08 bits per heavy atom. The number of halogens is 11. The highest BCUT2D eigenvalue weighted by atomic mass is 31.2. The van der Waals surface area contributed by atoms with Gasteiger partial charge in [0, 0.05) is 6.42 Å². The van der Waals surface area contributed by atoms with E-state index in [4.69, 9.17) is 0 Å². The monoisotopic (exact) mass is 426 g/mol. The molecule has 0 aromatic carbocycles. The van der Waals surface area contributed by atoms with Gasteiger partial charge in [0.05, 0.1) is 6.42 Å². The van der Waals surface area contributed by atoms with E-state index >= 15 is 0 Å². The molecule has 25 heavy (non-hydrogen) atoms. The SMILES string of the molecule is O=P([O-])([O-])CCC(F)(F)CC(F)(F)C(F)(F)C(F)(F)C(F)(F)F.[NH4+].[NH4+]. The molecule has 0 rings (SSSR count). The van der Waals surface area contributed by atoms with Crippen molar-refractivity contribution in [2.45, 2.75) is 42.7 Å². The number of hydrogen-bond donors (Lipinski definition) is 2. The summed E-state index contributed by atoms with van der Waals surface area (Å²) in [5, 5.41) is 0. The molecule has 5 nitrogen and oxygen atoms in total. The molecule has 0 aliphatic carbocycles. The third kappa shape index (κ3) is 6.84. The molecule has 17 heteroatoms. The van der Waals surface area contributed by atoms with Crippen molar-refractivity contribution in [3.8, 4) is 0 Å². The molecule has 8 N–H and O–H groups in total. The molecular formula is C8H14F11N2O3P. The lowest BCUT2D eigenvalue weighted by molar-refractivity contribution is -0.400. The minimum Gasteiger partial charge on any atom is -0.811 e. The summed E-state index contributed by atoms with van der Waals surface area (Å²) in [4.78, 5) is 20.1. The fourth-order valence-electron chi connectivity index (χ4n) is 1.23. The molecule has 0 aromatic rings. The standard InChI is InChI=1S/C8H8F11O3P.2H3N/c9-4(10,1-2-23(20,21)22)3-5(11,12)6(13,14)7(15,16)8(17,18)19;;/h1-3H2,(H2,20,21,22);2*1H3. The van der Waals surface area contributed by atoms with E-state index < -0.39 is 56.5 Å². The molecule has 0 saturated carbocycles. The normalized spacial score (nSPS) is 14.6. The summed E-state index contributed by atoms with van der Waals surface area (Å²) in [5.41, 5.74) is 0. The number of hydrogen-bond acceptors (Lipinski definition) is 3. The Kier molecular flexibility index (Phi) is 9.19. The van der Waals surface area contributed by atoms with Gasteiger partial charge in [-0.1, -0.05) is 7.60 Å². The molecule has 0 radical (unpaired) electrons. The van der Waals surface area contributed by atoms with Crippen LogP contribution in [0.2, 0.25) is 0 Å². The van der Waals surface area contributed by atoms with Gasteiger partial charge in [-0.05, 0) is 6.16 Å². The van der Waals surface area contributed by atoms with Crippen LogP contribution in [0.1, 0.15) is 12.8 Å². The zero-order chi connectivity index (χ0) is 19.1. The van der Waals surface area contributed by atoms with Crippen molar-refractivity contribution in [2.24, 2.45) is 0 Å². The van der Waals surface area contributed by atoms with Gasteiger partial charge in [-0.2, -0.15) is 39.5 Å². The molecule has 0 bridgehead atoms. The molecule has 0 heterocycles. The van der Waals surface area contributed by atoms with Crippen LogP contribution in [0.3, 0.4) is 0 Å². The highest BCUT2D eigenvalue weighted by Crippen LogP contribution is 2.55. The smallest absolute Gasteiger partial charge is 0.460 e. The Morgan fingerprint density at radius 3 is 1.36 bits per heavy atom. The van der Waals surface area contributed by atoms with Gasteiger partial charge in [0.25, 0.3) is 5.92 Å². The molecule has 0 aliphatic heterocycles. The number of quaternary nitrogens is 2. The Hall–Kier alpha value is -0.700. The average Bonchev–Trinajstić information content (AvgIpc) is 2.22. The van der Waals surface area contributed by atoms with Crippen LogP contribution in [0.15, 0.2) is 0 Å². The van der Waals surface area contributed by atoms with E-state index in [-0.39, 0.29) is 12.3 Å². The fourth-order valence-corrected chi connectivity index (χ4v) is 1.83. The summed E-state index contributed by atoms with van der Waals surface area (Å²) in [6.45, 7) is 0. The first-order chi connectivity index (χ1) is 9.66. The maximum absolute atomic E-state index is 12.9. The van der Waals surface area contributed by atoms with Crippen molar-refractivity contribution >= 4 is 7.60 Å². The Labute approximate surface area is 132 Å². The van der Waals surface area contributed by atoms with Gasteiger partial charge in [-0.25, -0.2) is 8.78 Å². The van der Waals surface area contributed by atoms with E-state index in [1.54, 1.807) is 0 Å². The summed E-state index contributed by atoms with van der Waals surface area (Å²) in [6, 6.07) is 0. The van der Waals surface area contributed by atoms with Crippen LogP contribution in [0, 0.1) is 0 Å². The second-order valence-electron chi connectivity index (χ2n) is 4.47. The lowest BCUT2D eigenvalue weighted by atomic mass is 9.97. The molecule has 0 aromatic heterocycles. The van der Waals surface area contributed by atoms with Crippen LogP contribution in [0.25, 0.3) is 0 Å². The van der Waals surface area contributed by atoms with Gasteiger partial charge >= 0.3 is 23.9 Å². The van der Waals surface area contributed by atoms with Crippen molar-refractivity contribution in [3.05, 3.63) is 0 Å². The van der Waals surface area contributed by atoms with Crippen LogP contribution in [-0.2, 0) is 4.57 Å². The van der Waals surface area contributed by atoms with E-state index in [9.17, 15) is 62.6 Å². The summed E-state index contributed by atoms with van der Waals surface area (Å²) < 4.78 is 147. The van der Waals surface area contributed by atoms with Crippen LogP contribution in [-0.4, -0.2) is 36.0 Å². The Balaban J connectivity index is -0.00000242. The summed E-state index contributed by atoms with van der Waals surface area (Å²) in [5.74, 6) is -26.2. The van der Waals surface area contributed by atoms with Crippen molar-refractivity contribution in [1.29, 1.82) is 0 Å². The summed E-state index contributed by atoms with van der Waals surface area (Å²) in [7, 11) is -5.67. The summed E-state index contributed by atoms with van der Waals surface area (Å²) >= 11 is 0. The third-order valence-corrected chi connectivity index (χ3v) is 3.21. The lowest BCUT2D eigenvalue weighted by Gasteiger charge is -2.36. The summed E-state index contributed by atoms with van der Waals surface area (Å²) in [6.07, 6.45) is -14.9. The first kappa shape index (κ1) is 29.1. The minimum atomic E-state index is -7.33. The highest BCUT2D eigenvalue weighted by molar-refractivity contribution is 7.48. The fraction of sp³-hybridized carbons (Fsp3) is 1.00. The van der Waals surface area contributed by atoms with E-state index in [1.165, 1.54) is 0 Å². The average molecular weight is 426 g/mol. The van der Waals surface area contributed by atoms with E-state index in [0.717, 1.165) is 0 Å². The quantitative estimate of drug-likeness (QED) is 0.476. The highest BCUT2D eigenvalue weighted by Gasteiger charge is 2.82. The number of alkyl halides is 11. The lowest BCUT2D eigenvalue weighted by Crippen LogP contribution is -2.61. The molecule has 0 atom stereocenters. The van der Waals surface area contributed by atoms with Gasteiger partial charge in [0.1, 0.15) is 0 Å². The van der Waals surface area contributed by atoms with E-state index in [0.29, 0.717) is 0 Å². The van der Waals surface area contributed by atoms with Gasteiger partial charge in [0.2, 0.25) is 0 Å². The van der Waals surface area contributed by atoms with Gasteiger partial charge in [-0.3, -0.25) is 0 Å². The van der Waals surface area contributed by atoms with Crippen LogP contribution in [0.5, 0.6) is 0 Å². The zero-order valence-corrected chi connectivity index (χ0v) is 13.3. The predicted octanol–water partition coefficient (Wildman–Crippen LogP) is 3.54. The van der Waals surface area contributed by atoms with Crippen LogP contribution >= 0.6 is 7.60 Å². The van der Waals surface area contributed by atoms with Crippen LogP contribution in [0.4, 0.5) is 48.3 Å². The van der Waals surface area contributed by atoms with Gasteiger partial charge < -0.3 is 26.7 Å². The van der Waals surface area contributed by atoms with Crippen molar-refractivity contribution < 1.29 is 62.6 Å². The van der Waals surface area contributed by atoms with Crippen molar-refractivity contribution in [1.82, 2.24) is 12.3 Å². The van der Waals surface area contributed by atoms with Crippen LogP contribution < -0.4 is 22.1 Å². The molecule has 0 amide bonds.